The molecule has 5 heteroatoms. The smallest absolute Gasteiger partial charge is 0.240 e. The van der Waals surface area contributed by atoms with Gasteiger partial charge >= 0.3 is 0 Å². The first-order valence-corrected chi connectivity index (χ1v) is 8.44. The third-order valence-corrected chi connectivity index (χ3v) is 4.74. The van der Waals surface area contributed by atoms with Gasteiger partial charge in [0.2, 0.25) is 10.0 Å². The molecule has 1 unspecified atom stereocenters. The molecule has 0 aliphatic rings. The van der Waals surface area contributed by atoms with Crippen LogP contribution in [0.15, 0.2) is 29.2 Å². The molecule has 0 aliphatic carbocycles. The number of benzene rings is 1. The van der Waals surface area contributed by atoms with Crippen LogP contribution in [0, 0.1) is 0 Å². The summed E-state index contributed by atoms with van der Waals surface area (Å²) in [5, 5.41) is 9.47. The quantitative estimate of drug-likeness (QED) is 0.848. The zero-order chi connectivity index (χ0) is 15.4. The molecule has 0 amide bonds. The van der Waals surface area contributed by atoms with Crippen LogP contribution in [0.4, 0.5) is 0 Å². The van der Waals surface area contributed by atoms with Crippen molar-refractivity contribution in [3.63, 3.8) is 0 Å². The van der Waals surface area contributed by atoms with E-state index < -0.39 is 16.1 Å². The molecule has 1 rings (SSSR count). The summed E-state index contributed by atoms with van der Waals surface area (Å²) in [6, 6.07) is 7.04. The molecule has 0 aromatic heterocycles. The first-order valence-electron chi connectivity index (χ1n) is 6.95. The van der Waals surface area contributed by atoms with Crippen LogP contribution in [0.25, 0.3) is 0 Å². The van der Waals surface area contributed by atoms with Gasteiger partial charge in [0.25, 0.3) is 0 Å². The van der Waals surface area contributed by atoms with E-state index in [1.165, 1.54) is 0 Å². The maximum absolute atomic E-state index is 12.4. The van der Waals surface area contributed by atoms with Gasteiger partial charge in [0.1, 0.15) is 0 Å². The highest BCUT2D eigenvalue weighted by Crippen LogP contribution is 2.28. The minimum absolute atomic E-state index is 0.242. The van der Waals surface area contributed by atoms with Crippen LogP contribution in [-0.2, 0) is 15.4 Å². The molecular weight excluding hydrogens is 274 g/mol. The minimum atomic E-state index is -3.54. The Hall–Kier alpha value is -0.910. The number of nitrogens with one attached hydrogen (secondary N) is 1. The number of rotatable bonds is 6. The van der Waals surface area contributed by atoms with Gasteiger partial charge in [-0.25, -0.2) is 13.1 Å². The van der Waals surface area contributed by atoms with E-state index in [-0.39, 0.29) is 12.0 Å². The van der Waals surface area contributed by atoms with E-state index in [9.17, 15) is 13.5 Å². The van der Waals surface area contributed by atoms with Crippen molar-refractivity contribution in [3.8, 4) is 0 Å². The third kappa shape index (κ3) is 4.58. The summed E-state index contributed by atoms with van der Waals surface area (Å²) in [4.78, 5) is 0.318. The molecule has 0 radical (unpaired) electrons. The van der Waals surface area contributed by atoms with Crippen LogP contribution in [0.5, 0.6) is 0 Å². The average molecular weight is 299 g/mol. The van der Waals surface area contributed by atoms with Gasteiger partial charge in [0.15, 0.2) is 0 Å². The zero-order valence-corrected chi connectivity index (χ0v) is 13.5. The second-order valence-electron chi connectivity index (χ2n) is 5.99. The molecule has 1 aromatic rings. The Labute approximate surface area is 122 Å². The Kier molecular flexibility index (Phi) is 5.74. The molecular formula is C15H25NO3S. The Morgan fingerprint density at radius 2 is 1.85 bits per heavy atom. The molecule has 0 heterocycles. The fourth-order valence-corrected chi connectivity index (χ4v) is 3.43. The molecule has 1 aromatic carbocycles. The van der Waals surface area contributed by atoms with Crippen molar-refractivity contribution in [3.05, 3.63) is 29.8 Å². The first-order chi connectivity index (χ1) is 9.18. The summed E-state index contributed by atoms with van der Waals surface area (Å²) in [5.41, 5.74) is 0.553. The predicted octanol–water partition coefficient (Wildman–Crippen LogP) is 2.42. The first kappa shape index (κ1) is 17.1. The van der Waals surface area contributed by atoms with Gasteiger partial charge in [0, 0.05) is 6.54 Å². The zero-order valence-electron chi connectivity index (χ0n) is 12.7. The van der Waals surface area contributed by atoms with Gasteiger partial charge in [0.05, 0.1) is 11.0 Å². The van der Waals surface area contributed by atoms with Crippen molar-refractivity contribution in [2.24, 2.45) is 0 Å². The van der Waals surface area contributed by atoms with E-state index in [2.05, 4.69) is 4.72 Å². The summed E-state index contributed by atoms with van der Waals surface area (Å²) in [7, 11) is -3.54. The summed E-state index contributed by atoms with van der Waals surface area (Å²) in [6.45, 7) is 8.08. The third-order valence-electron chi connectivity index (χ3n) is 3.23. The van der Waals surface area contributed by atoms with Gasteiger partial charge in [-0.15, -0.1) is 0 Å². The van der Waals surface area contributed by atoms with Gasteiger partial charge < -0.3 is 5.11 Å². The molecule has 0 aliphatic heterocycles. The predicted molar refractivity (Wildman–Crippen MR) is 81.2 cm³/mol. The van der Waals surface area contributed by atoms with Crippen molar-refractivity contribution in [2.75, 3.05) is 6.54 Å². The Bertz CT molecular complexity index is 532. The van der Waals surface area contributed by atoms with Crippen LogP contribution in [-0.4, -0.2) is 26.2 Å². The van der Waals surface area contributed by atoms with Crippen LogP contribution in [0.1, 0.15) is 46.1 Å². The van der Waals surface area contributed by atoms with Gasteiger partial charge in [-0.05, 0) is 29.9 Å². The van der Waals surface area contributed by atoms with E-state index in [0.717, 1.165) is 5.56 Å². The van der Waals surface area contributed by atoms with Crippen LogP contribution in [0.2, 0.25) is 0 Å². The molecule has 4 nitrogen and oxygen atoms in total. The molecule has 2 N–H and O–H groups in total. The van der Waals surface area contributed by atoms with E-state index in [1.807, 2.05) is 39.8 Å². The Balaban J connectivity index is 2.94. The molecule has 1 atom stereocenters. The molecule has 0 saturated heterocycles. The molecule has 114 valence electrons. The highest BCUT2D eigenvalue weighted by molar-refractivity contribution is 7.89. The lowest BCUT2D eigenvalue weighted by Crippen LogP contribution is -2.29. The average Bonchev–Trinajstić information content (AvgIpc) is 2.37. The lowest BCUT2D eigenvalue weighted by molar-refractivity contribution is 0.162. The molecule has 0 bridgehead atoms. The van der Waals surface area contributed by atoms with Gasteiger partial charge in [-0.3, -0.25) is 0 Å². The highest BCUT2D eigenvalue weighted by atomic mass is 32.2. The largest absolute Gasteiger partial charge is 0.393 e. The maximum atomic E-state index is 12.4. The van der Waals surface area contributed by atoms with Crippen molar-refractivity contribution < 1.29 is 13.5 Å². The van der Waals surface area contributed by atoms with Gasteiger partial charge in [-0.2, -0.15) is 0 Å². The fraction of sp³-hybridized carbons (Fsp3) is 0.600. The van der Waals surface area contributed by atoms with E-state index in [4.69, 9.17) is 0 Å². The van der Waals surface area contributed by atoms with Crippen molar-refractivity contribution in [2.45, 2.75) is 57.0 Å². The number of hydrogen-bond donors (Lipinski definition) is 2. The van der Waals surface area contributed by atoms with E-state index in [0.29, 0.717) is 17.7 Å². The standard InChI is InChI=1S/C15H25NO3S/c1-5-12(17)10-11-16-20(18,19)14-9-7-6-8-13(14)15(2,3)4/h6-9,12,16-17H,5,10-11H2,1-4H3. The number of aliphatic hydroxyl groups excluding tert-OH is 1. The highest BCUT2D eigenvalue weighted by Gasteiger charge is 2.24. The molecule has 20 heavy (non-hydrogen) atoms. The lowest BCUT2D eigenvalue weighted by Gasteiger charge is -2.22. The van der Waals surface area contributed by atoms with Crippen molar-refractivity contribution >= 4 is 10.0 Å². The summed E-state index contributed by atoms with van der Waals surface area (Å²) < 4.78 is 27.3. The number of aliphatic hydroxyl groups is 1. The van der Waals surface area contributed by atoms with Crippen molar-refractivity contribution in [1.82, 2.24) is 4.72 Å². The molecule has 0 saturated carbocycles. The summed E-state index contributed by atoms with van der Waals surface area (Å²) in [6.07, 6.45) is 0.587. The van der Waals surface area contributed by atoms with Crippen LogP contribution in [0.3, 0.4) is 0 Å². The second-order valence-corrected chi connectivity index (χ2v) is 7.73. The fourth-order valence-electron chi connectivity index (χ4n) is 1.96. The van der Waals surface area contributed by atoms with E-state index >= 15 is 0 Å². The lowest BCUT2D eigenvalue weighted by atomic mass is 9.87. The Morgan fingerprint density at radius 1 is 1.25 bits per heavy atom. The van der Waals surface area contributed by atoms with E-state index in [1.54, 1.807) is 12.1 Å². The number of hydrogen-bond acceptors (Lipinski definition) is 3. The normalized spacial score (nSPS) is 14.2. The van der Waals surface area contributed by atoms with Crippen LogP contribution < -0.4 is 4.72 Å². The monoisotopic (exact) mass is 299 g/mol. The Morgan fingerprint density at radius 3 is 2.40 bits per heavy atom. The summed E-state index contributed by atoms with van der Waals surface area (Å²) >= 11 is 0. The molecule has 0 fully saturated rings. The number of sulfonamides is 1. The summed E-state index contributed by atoms with van der Waals surface area (Å²) in [5.74, 6) is 0. The second kappa shape index (κ2) is 6.70. The molecule has 0 spiro atoms. The maximum Gasteiger partial charge on any atom is 0.240 e. The van der Waals surface area contributed by atoms with Crippen LogP contribution >= 0.6 is 0 Å². The van der Waals surface area contributed by atoms with Gasteiger partial charge in [-0.1, -0.05) is 45.9 Å². The topological polar surface area (TPSA) is 66.4 Å². The van der Waals surface area contributed by atoms with Crippen molar-refractivity contribution in [1.29, 1.82) is 0 Å². The minimum Gasteiger partial charge on any atom is -0.393 e. The SMILES string of the molecule is CCC(O)CCNS(=O)(=O)c1ccccc1C(C)(C)C.